The molecule has 1 N–H and O–H groups in total. The molecular weight excluding hydrogens is 205 g/mol. The zero-order valence-electron chi connectivity index (χ0n) is 9.15. The van der Waals surface area contributed by atoms with E-state index in [1.807, 2.05) is 24.0 Å². The number of aryl methyl sites for hydroxylation is 1. The van der Waals surface area contributed by atoms with Crippen LogP contribution in [0.2, 0.25) is 0 Å². The largest absolute Gasteiger partial charge is 0.381 e. The SMILES string of the molecule is CCn1cc(CNc2ccc(F)cc2)cn1. The number of anilines is 1. The molecule has 2 rings (SSSR count). The summed E-state index contributed by atoms with van der Waals surface area (Å²) in [5, 5.41) is 7.38. The first-order chi connectivity index (χ1) is 7.78. The highest BCUT2D eigenvalue weighted by molar-refractivity contribution is 5.43. The Bertz CT molecular complexity index is 448. The van der Waals surface area contributed by atoms with Crippen molar-refractivity contribution < 1.29 is 4.39 Å². The number of halogens is 1. The molecule has 4 heteroatoms. The molecule has 0 bridgehead atoms. The molecule has 0 atom stereocenters. The molecular formula is C12H14FN3. The van der Waals surface area contributed by atoms with E-state index >= 15 is 0 Å². The van der Waals surface area contributed by atoms with E-state index < -0.39 is 0 Å². The lowest BCUT2D eigenvalue weighted by molar-refractivity contribution is 0.628. The molecule has 2 aromatic rings. The van der Waals surface area contributed by atoms with E-state index in [9.17, 15) is 4.39 Å². The van der Waals surface area contributed by atoms with E-state index in [1.165, 1.54) is 12.1 Å². The highest BCUT2D eigenvalue weighted by atomic mass is 19.1. The summed E-state index contributed by atoms with van der Waals surface area (Å²) in [6.07, 6.45) is 3.83. The molecule has 84 valence electrons. The number of hydrogen-bond acceptors (Lipinski definition) is 2. The minimum Gasteiger partial charge on any atom is -0.381 e. The Hall–Kier alpha value is -1.84. The lowest BCUT2D eigenvalue weighted by Crippen LogP contribution is -1.98. The van der Waals surface area contributed by atoms with Gasteiger partial charge in [0.1, 0.15) is 5.82 Å². The molecule has 0 spiro atoms. The summed E-state index contributed by atoms with van der Waals surface area (Å²) in [4.78, 5) is 0. The highest BCUT2D eigenvalue weighted by Gasteiger charge is 1.97. The number of rotatable bonds is 4. The molecule has 1 heterocycles. The molecule has 0 fully saturated rings. The maximum absolute atomic E-state index is 12.7. The lowest BCUT2D eigenvalue weighted by atomic mass is 10.3. The van der Waals surface area contributed by atoms with Gasteiger partial charge in [-0.25, -0.2) is 4.39 Å². The van der Waals surface area contributed by atoms with Crippen LogP contribution in [0.4, 0.5) is 10.1 Å². The van der Waals surface area contributed by atoms with Gasteiger partial charge in [0.05, 0.1) is 6.20 Å². The van der Waals surface area contributed by atoms with Crippen LogP contribution in [-0.2, 0) is 13.1 Å². The van der Waals surface area contributed by atoms with Crippen LogP contribution in [0.5, 0.6) is 0 Å². The summed E-state index contributed by atoms with van der Waals surface area (Å²) in [5.41, 5.74) is 2.02. The molecule has 0 saturated heterocycles. The number of aromatic nitrogens is 2. The monoisotopic (exact) mass is 219 g/mol. The first-order valence-electron chi connectivity index (χ1n) is 5.28. The van der Waals surface area contributed by atoms with Crippen LogP contribution in [0, 0.1) is 5.82 Å². The number of benzene rings is 1. The van der Waals surface area contributed by atoms with E-state index in [1.54, 1.807) is 12.1 Å². The van der Waals surface area contributed by atoms with Gasteiger partial charge in [-0.15, -0.1) is 0 Å². The van der Waals surface area contributed by atoms with Crippen LogP contribution in [-0.4, -0.2) is 9.78 Å². The number of nitrogens with one attached hydrogen (secondary N) is 1. The van der Waals surface area contributed by atoms with Gasteiger partial charge in [-0.2, -0.15) is 5.10 Å². The third-order valence-corrected chi connectivity index (χ3v) is 2.35. The van der Waals surface area contributed by atoms with Crippen LogP contribution < -0.4 is 5.32 Å². The van der Waals surface area contributed by atoms with Crippen LogP contribution in [0.1, 0.15) is 12.5 Å². The first kappa shape index (κ1) is 10.7. The van der Waals surface area contributed by atoms with E-state index in [4.69, 9.17) is 0 Å². The zero-order valence-corrected chi connectivity index (χ0v) is 9.15. The maximum Gasteiger partial charge on any atom is 0.123 e. The van der Waals surface area contributed by atoms with Crippen molar-refractivity contribution >= 4 is 5.69 Å². The average Bonchev–Trinajstić information content (AvgIpc) is 2.76. The molecule has 3 nitrogen and oxygen atoms in total. The highest BCUT2D eigenvalue weighted by Crippen LogP contribution is 2.09. The van der Waals surface area contributed by atoms with Gasteiger partial charge in [-0.3, -0.25) is 4.68 Å². The van der Waals surface area contributed by atoms with Gasteiger partial charge in [-0.1, -0.05) is 0 Å². The smallest absolute Gasteiger partial charge is 0.123 e. The van der Waals surface area contributed by atoms with E-state index in [0.717, 1.165) is 17.8 Å². The maximum atomic E-state index is 12.7. The van der Waals surface area contributed by atoms with Gasteiger partial charge in [0.2, 0.25) is 0 Å². The van der Waals surface area contributed by atoms with Crippen LogP contribution in [0.15, 0.2) is 36.7 Å². The third-order valence-electron chi connectivity index (χ3n) is 2.35. The third kappa shape index (κ3) is 2.59. The lowest BCUT2D eigenvalue weighted by Gasteiger charge is -2.03. The van der Waals surface area contributed by atoms with Crippen LogP contribution >= 0.6 is 0 Å². The molecule has 0 saturated carbocycles. The topological polar surface area (TPSA) is 29.9 Å². The molecule has 1 aromatic carbocycles. The standard InChI is InChI=1S/C12H14FN3/c1-2-16-9-10(8-15-16)7-14-12-5-3-11(13)4-6-12/h3-6,8-9,14H,2,7H2,1H3. The molecule has 0 aliphatic carbocycles. The number of hydrogen-bond donors (Lipinski definition) is 1. The summed E-state index contributed by atoms with van der Waals surface area (Å²) < 4.78 is 14.5. The first-order valence-corrected chi connectivity index (χ1v) is 5.28. The Balaban J connectivity index is 1.94. The molecule has 0 radical (unpaired) electrons. The summed E-state index contributed by atoms with van der Waals surface area (Å²) in [6, 6.07) is 6.33. The average molecular weight is 219 g/mol. The van der Waals surface area contributed by atoms with Crippen LogP contribution in [0.3, 0.4) is 0 Å². The summed E-state index contributed by atoms with van der Waals surface area (Å²) in [6.45, 7) is 3.62. The molecule has 0 aliphatic heterocycles. The van der Waals surface area contributed by atoms with E-state index in [-0.39, 0.29) is 5.82 Å². The Morgan fingerprint density at radius 2 is 2.06 bits per heavy atom. The van der Waals surface area contributed by atoms with Crippen molar-refractivity contribution in [3.8, 4) is 0 Å². The van der Waals surface area contributed by atoms with Gasteiger partial charge in [0, 0.05) is 30.5 Å². The molecule has 0 amide bonds. The predicted molar refractivity (Wildman–Crippen MR) is 61.6 cm³/mol. The van der Waals surface area contributed by atoms with E-state index in [2.05, 4.69) is 10.4 Å². The summed E-state index contributed by atoms with van der Waals surface area (Å²) in [7, 11) is 0. The molecule has 0 unspecified atom stereocenters. The quantitative estimate of drug-likeness (QED) is 0.856. The Kier molecular flexibility index (Phi) is 3.19. The fourth-order valence-electron chi connectivity index (χ4n) is 1.44. The Morgan fingerprint density at radius 3 is 2.69 bits per heavy atom. The van der Waals surface area contributed by atoms with Crippen molar-refractivity contribution in [3.05, 3.63) is 48.0 Å². The van der Waals surface area contributed by atoms with Gasteiger partial charge < -0.3 is 5.32 Å². The van der Waals surface area contributed by atoms with Gasteiger partial charge >= 0.3 is 0 Å². The van der Waals surface area contributed by atoms with Crippen molar-refractivity contribution in [1.82, 2.24) is 9.78 Å². The van der Waals surface area contributed by atoms with Crippen LogP contribution in [0.25, 0.3) is 0 Å². The number of nitrogens with zero attached hydrogens (tertiary/aromatic N) is 2. The minimum atomic E-state index is -0.218. The predicted octanol–water partition coefficient (Wildman–Crippen LogP) is 2.65. The fraction of sp³-hybridized carbons (Fsp3) is 0.250. The molecule has 0 aliphatic rings. The summed E-state index contributed by atoms with van der Waals surface area (Å²) in [5.74, 6) is -0.218. The minimum absolute atomic E-state index is 0.218. The van der Waals surface area contributed by atoms with Gasteiger partial charge in [0.25, 0.3) is 0 Å². The zero-order chi connectivity index (χ0) is 11.4. The van der Waals surface area contributed by atoms with Crippen molar-refractivity contribution in [2.24, 2.45) is 0 Å². The van der Waals surface area contributed by atoms with Crippen molar-refractivity contribution in [1.29, 1.82) is 0 Å². The Labute approximate surface area is 93.9 Å². The van der Waals surface area contributed by atoms with Crippen molar-refractivity contribution in [3.63, 3.8) is 0 Å². The second kappa shape index (κ2) is 4.79. The summed E-state index contributed by atoms with van der Waals surface area (Å²) >= 11 is 0. The van der Waals surface area contributed by atoms with Gasteiger partial charge in [-0.05, 0) is 31.2 Å². The normalized spacial score (nSPS) is 10.4. The second-order valence-corrected chi connectivity index (χ2v) is 3.56. The Morgan fingerprint density at radius 1 is 1.31 bits per heavy atom. The fourth-order valence-corrected chi connectivity index (χ4v) is 1.44. The van der Waals surface area contributed by atoms with Crippen molar-refractivity contribution in [2.75, 3.05) is 5.32 Å². The van der Waals surface area contributed by atoms with Crippen molar-refractivity contribution in [2.45, 2.75) is 20.0 Å². The molecule has 1 aromatic heterocycles. The van der Waals surface area contributed by atoms with Gasteiger partial charge in [0.15, 0.2) is 0 Å². The second-order valence-electron chi connectivity index (χ2n) is 3.56. The molecule has 16 heavy (non-hydrogen) atoms. The van der Waals surface area contributed by atoms with E-state index in [0.29, 0.717) is 6.54 Å².